The largest absolute Gasteiger partial charge is 0.436 e. The van der Waals surface area contributed by atoms with E-state index in [0.717, 1.165) is 5.56 Å². The van der Waals surface area contributed by atoms with Crippen LogP contribution in [0.3, 0.4) is 0 Å². The van der Waals surface area contributed by atoms with Gasteiger partial charge in [-0.05, 0) is 54.6 Å². The van der Waals surface area contributed by atoms with E-state index in [2.05, 4.69) is 10.3 Å². The molecule has 0 radical (unpaired) electrons. The number of benzene rings is 3. The minimum absolute atomic E-state index is 0.329. The molecule has 4 nitrogen and oxygen atoms in total. The number of anilines is 1. The second-order valence-corrected chi connectivity index (χ2v) is 7.50. The summed E-state index contributed by atoms with van der Waals surface area (Å²) < 4.78 is 5.90. The van der Waals surface area contributed by atoms with Gasteiger partial charge in [0.1, 0.15) is 0 Å². The van der Waals surface area contributed by atoms with Gasteiger partial charge in [0.2, 0.25) is 5.89 Å². The van der Waals surface area contributed by atoms with Gasteiger partial charge in [0.15, 0.2) is 5.76 Å². The van der Waals surface area contributed by atoms with Gasteiger partial charge in [-0.15, -0.1) is 0 Å². The van der Waals surface area contributed by atoms with Crippen molar-refractivity contribution in [2.24, 2.45) is 0 Å². The van der Waals surface area contributed by atoms with E-state index in [1.807, 2.05) is 18.2 Å². The normalized spacial score (nSPS) is 10.7. The Labute approximate surface area is 182 Å². The van der Waals surface area contributed by atoms with Crippen molar-refractivity contribution in [3.8, 4) is 22.8 Å². The van der Waals surface area contributed by atoms with Crippen LogP contribution in [0.25, 0.3) is 22.8 Å². The van der Waals surface area contributed by atoms with E-state index in [9.17, 15) is 4.79 Å². The maximum Gasteiger partial charge on any atom is 0.256 e. The molecule has 0 aliphatic rings. The molecule has 1 amide bonds. The molecule has 1 N–H and O–H groups in total. The van der Waals surface area contributed by atoms with Gasteiger partial charge in [-0.3, -0.25) is 4.79 Å². The number of aromatic nitrogens is 1. The number of nitrogens with zero attached hydrogens (tertiary/aromatic N) is 1. The van der Waals surface area contributed by atoms with E-state index in [1.165, 1.54) is 0 Å². The fourth-order valence-electron chi connectivity index (χ4n) is 2.84. The van der Waals surface area contributed by atoms with Crippen LogP contribution in [-0.4, -0.2) is 10.9 Å². The van der Waals surface area contributed by atoms with Crippen molar-refractivity contribution in [1.29, 1.82) is 0 Å². The van der Waals surface area contributed by atoms with Crippen LogP contribution < -0.4 is 5.32 Å². The van der Waals surface area contributed by atoms with Crippen molar-refractivity contribution < 1.29 is 9.21 Å². The second-order valence-electron chi connectivity index (χ2n) is 6.19. The molecule has 3 aromatic carbocycles. The number of hydrogen-bond donors (Lipinski definition) is 1. The summed E-state index contributed by atoms with van der Waals surface area (Å²) in [6.45, 7) is 0. The zero-order valence-corrected chi connectivity index (χ0v) is 17.1. The molecule has 4 rings (SSSR count). The first-order valence-electron chi connectivity index (χ1n) is 8.58. The third-order valence-electron chi connectivity index (χ3n) is 4.16. The molecule has 0 saturated heterocycles. The Morgan fingerprint density at radius 2 is 1.55 bits per heavy atom. The zero-order valence-electron chi connectivity index (χ0n) is 14.8. The van der Waals surface area contributed by atoms with Gasteiger partial charge >= 0.3 is 0 Å². The molecule has 0 unspecified atom stereocenters. The lowest BCUT2D eigenvalue weighted by Crippen LogP contribution is -2.13. The van der Waals surface area contributed by atoms with E-state index in [1.54, 1.807) is 54.7 Å². The Morgan fingerprint density at radius 3 is 2.28 bits per heavy atom. The summed E-state index contributed by atoms with van der Waals surface area (Å²) in [5.74, 6) is 0.587. The monoisotopic (exact) mass is 442 g/mol. The fraction of sp³-hybridized carbons (Fsp3) is 0. The Balaban J connectivity index is 1.65. The van der Waals surface area contributed by atoms with E-state index < -0.39 is 0 Å². The molecule has 0 atom stereocenters. The van der Waals surface area contributed by atoms with Crippen LogP contribution in [-0.2, 0) is 0 Å². The minimum atomic E-state index is -0.329. The van der Waals surface area contributed by atoms with Gasteiger partial charge in [0.25, 0.3) is 5.91 Å². The molecular formula is C22H13Cl3N2O2. The average Bonchev–Trinajstić information content (AvgIpc) is 3.18. The number of hydrogen-bond acceptors (Lipinski definition) is 3. The van der Waals surface area contributed by atoms with Crippen molar-refractivity contribution >= 4 is 46.4 Å². The van der Waals surface area contributed by atoms with Gasteiger partial charge < -0.3 is 9.73 Å². The molecule has 0 saturated carbocycles. The quantitative estimate of drug-likeness (QED) is 0.362. The third kappa shape index (κ3) is 4.46. The Kier molecular flexibility index (Phi) is 5.58. The highest BCUT2D eigenvalue weighted by atomic mass is 35.5. The average molecular weight is 444 g/mol. The molecule has 7 heteroatoms. The maximum absolute atomic E-state index is 12.9. The van der Waals surface area contributed by atoms with Crippen LogP contribution in [0.4, 0.5) is 5.69 Å². The molecule has 144 valence electrons. The number of rotatable bonds is 4. The molecule has 0 fully saturated rings. The summed E-state index contributed by atoms with van der Waals surface area (Å²) in [5.41, 5.74) is 2.31. The van der Waals surface area contributed by atoms with Gasteiger partial charge in [-0.2, -0.15) is 0 Å². The molecule has 4 aromatic rings. The number of carbonyl (C=O) groups is 1. The van der Waals surface area contributed by atoms with Crippen molar-refractivity contribution in [3.63, 3.8) is 0 Å². The molecule has 0 bridgehead atoms. The molecular weight excluding hydrogens is 431 g/mol. The third-order valence-corrected chi connectivity index (χ3v) is 4.85. The predicted octanol–water partition coefficient (Wildman–Crippen LogP) is 7.22. The fourth-order valence-corrected chi connectivity index (χ4v) is 3.49. The molecule has 1 heterocycles. The topological polar surface area (TPSA) is 55.1 Å². The summed E-state index contributed by atoms with van der Waals surface area (Å²) in [7, 11) is 0. The highest BCUT2D eigenvalue weighted by Gasteiger charge is 2.17. The maximum atomic E-state index is 12.9. The molecule has 0 aliphatic heterocycles. The molecule has 29 heavy (non-hydrogen) atoms. The zero-order chi connectivity index (χ0) is 20.4. The Morgan fingerprint density at radius 1 is 0.862 bits per heavy atom. The van der Waals surface area contributed by atoms with Crippen LogP contribution in [0, 0.1) is 0 Å². The summed E-state index contributed by atoms with van der Waals surface area (Å²) >= 11 is 18.0. The van der Waals surface area contributed by atoms with Crippen molar-refractivity contribution in [1.82, 2.24) is 4.98 Å². The van der Waals surface area contributed by atoms with Gasteiger partial charge in [-0.1, -0.05) is 46.9 Å². The molecule has 0 spiro atoms. The van der Waals surface area contributed by atoms with Gasteiger partial charge in [0.05, 0.1) is 11.8 Å². The highest BCUT2D eigenvalue weighted by molar-refractivity contribution is 6.35. The number of nitrogens with one attached hydrogen (secondary N) is 1. The lowest BCUT2D eigenvalue weighted by atomic mass is 10.1. The lowest BCUT2D eigenvalue weighted by Gasteiger charge is -2.09. The molecule has 0 aliphatic carbocycles. The predicted molar refractivity (Wildman–Crippen MR) is 117 cm³/mol. The van der Waals surface area contributed by atoms with E-state index in [4.69, 9.17) is 39.2 Å². The van der Waals surface area contributed by atoms with Gasteiger partial charge in [0, 0.05) is 31.9 Å². The summed E-state index contributed by atoms with van der Waals surface area (Å²) in [5, 5.41) is 4.30. The first-order chi connectivity index (χ1) is 14.0. The standard InChI is InChI=1S/C22H13Cl3N2O2/c23-14-7-5-13(6-8-14)20-12-26-22(29-20)19-4-2-1-3-18(19)21(28)27-17-10-15(24)9-16(25)11-17/h1-12H,(H,27,28). The number of amides is 1. The number of carbonyl (C=O) groups excluding carboxylic acids is 1. The highest BCUT2D eigenvalue weighted by Crippen LogP contribution is 2.30. The van der Waals surface area contributed by atoms with E-state index in [-0.39, 0.29) is 5.91 Å². The van der Waals surface area contributed by atoms with Crippen LogP contribution in [0.5, 0.6) is 0 Å². The van der Waals surface area contributed by atoms with Crippen LogP contribution >= 0.6 is 34.8 Å². The summed E-state index contributed by atoms with van der Waals surface area (Å²) in [4.78, 5) is 17.2. The summed E-state index contributed by atoms with van der Waals surface area (Å²) in [6, 6.07) is 19.1. The van der Waals surface area contributed by atoms with Crippen LogP contribution in [0.2, 0.25) is 15.1 Å². The molecule has 1 aromatic heterocycles. The lowest BCUT2D eigenvalue weighted by molar-refractivity contribution is 0.102. The number of halogens is 3. The van der Waals surface area contributed by atoms with E-state index >= 15 is 0 Å². The SMILES string of the molecule is O=C(Nc1cc(Cl)cc(Cl)c1)c1ccccc1-c1ncc(-c2ccc(Cl)cc2)o1. The first kappa shape index (κ1) is 19.5. The van der Waals surface area contributed by atoms with Crippen LogP contribution in [0.1, 0.15) is 10.4 Å². The van der Waals surface area contributed by atoms with Crippen molar-refractivity contribution in [3.05, 3.63) is 93.6 Å². The minimum Gasteiger partial charge on any atom is -0.436 e. The summed E-state index contributed by atoms with van der Waals surface area (Å²) in [6.07, 6.45) is 1.62. The second kappa shape index (κ2) is 8.29. The van der Waals surface area contributed by atoms with Gasteiger partial charge in [-0.25, -0.2) is 4.98 Å². The van der Waals surface area contributed by atoms with Crippen LogP contribution in [0.15, 0.2) is 77.3 Å². The Bertz CT molecular complexity index is 1170. The first-order valence-corrected chi connectivity index (χ1v) is 9.71. The van der Waals surface area contributed by atoms with Crippen molar-refractivity contribution in [2.45, 2.75) is 0 Å². The van der Waals surface area contributed by atoms with Crippen molar-refractivity contribution in [2.75, 3.05) is 5.32 Å². The Hall–Kier alpha value is -2.79. The number of oxazole rings is 1. The smallest absolute Gasteiger partial charge is 0.256 e. The van der Waals surface area contributed by atoms with E-state index in [0.29, 0.717) is 43.5 Å².